The Morgan fingerprint density at radius 2 is 2.00 bits per heavy atom. The molecule has 0 aliphatic carbocycles. The van der Waals surface area contributed by atoms with Crippen LogP contribution < -0.4 is 5.56 Å². The van der Waals surface area contributed by atoms with E-state index in [2.05, 4.69) is 4.98 Å². The van der Waals surface area contributed by atoms with Crippen molar-refractivity contribution < 1.29 is 8.83 Å². The molecule has 0 atom stereocenters. The van der Waals surface area contributed by atoms with E-state index in [9.17, 15) is 4.79 Å². The van der Waals surface area contributed by atoms with Gasteiger partial charge in [-0.05, 0) is 12.1 Å². The Labute approximate surface area is 77.8 Å². The molecule has 0 N–H and O–H groups in total. The molecule has 0 saturated heterocycles. The minimum absolute atomic E-state index is 0.258. The van der Waals surface area contributed by atoms with Crippen molar-refractivity contribution in [2.45, 2.75) is 0 Å². The Morgan fingerprint density at radius 3 is 2.93 bits per heavy atom. The molecule has 1 aromatic carbocycles. The number of nitrogens with zero attached hydrogens (tertiary/aromatic N) is 1. The summed E-state index contributed by atoms with van der Waals surface area (Å²) in [7, 11) is 0. The number of rotatable bonds is 0. The van der Waals surface area contributed by atoms with Gasteiger partial charge >= 0.3 is 0 Å². The number of fused-ring (bicyclic) bond motifs is 3. The van der Waals surface area contributed by atoms with Crippen molar-refractivity contribution in [2.24, 2.45) is 0 Å². The van der Waals surface area contributed by atoms with E-state index in [1.807, 2.05) is 0 Å². The Balaban J connectivity index is 2.66. The molecule has 14 heavy (non-hydrogen) atoms. The second-order valence-corrected chi connectivity index (χ2v) is 2.93. The summed E-state index contributed by atoms with van der Waals surface area (Å²) in [4.78, 5) is 14.9. The first-order chi connectivity index (χ1) is 6.84. The van der Waals surface area contributed by atoms with Crippen LogP contribution in [-0.4, -0.2) is 4.98 Å². The Hall–Kier alpha value is -2.10. The molecule has 3 rings (SSSR count). The lowest BCUT2D eigenvalue weighted by Crippen LogP contribution is -1.92. The van der Waals surface area contributed by atoms with Gasteiger partial charge in [-0.3, -0.25) is 4.79 Å². The van der Waals surface area contributed by atoms with Crippen molar-refractivity contribution in [3.05, 3.63) is 41.1 Å². The standard InChI is InChI=1S/C10H5NO3/c12-9-5-6-7(11-9)1-2-8-10(6)14-4-3-13-8/h1-5H. The van der Waals surface area contributed by atoms with Crippen molar-refractivity contribution in [2.75, 3.05) is 0 Å². The molecule has 0 saturated carbocycles. The number of benzene rings is 1. The van der Waals surface area contributed by atoms with Gasteiger partial charge in [-0.2, -0.15) is 0 Å². The first-order valence-corrected chi connectivity index (χ1v) is 4.10. The molecular formula is C10H5NO3. The minimum Gasteiger partial charge on any atom is -0.458 e. The van der Waals surface area contributed by atoms with Crippen molar-refractivity contribution >= 4 is 22.1 Å². The summed E-state index contributed by atoms with van der Waals surface area (Å²) in [6.45, 7) is 0. The average Bonchev–Trinajstić information content (AvgIpc) is 2.59. The third-order valence-electron chi connectivity index (χ3n) is 2.07. The fraction of sp³-hybridized carbons (Fsp3) is 0. The van der Waals surface area contributed by atoms with E-state index < -0.39 is 0 Å². The van der Waals surface area contributed by atoms with Crippen LogP contribution in [0.15, 0.2) is 44.4 Å². The molecule has 0 radical (unpaired) electrons. The monoisotopic (exact) mass is 187 g/mol. The van der Waals surface area contributed by atoms with E-state index in [0.29, 0.717) is 22.1 Å². The van der Waals surface area contributed by atoms with E-state index >= 15 is 0 Å². The summed E-state index contributed by atoms with van der Waals surface area (Å²) in [6.07, 6.45) is 2.88. The van der Waals surface area contributed by atoms with Crippen molar-refractivity contribution in [3.8, 4) is 0 Å². The highest BCUT2D eigenvalue weighted by molar-refractivity contribution is 6.00. The highest BCUT2D eigenvalue weighted by Crippen LogP contribution is 2.22. The van der Waals surface area contributed by atoms with Crippen LogP contribution in [0.4, 0.5) is 0 Å². The molecule has 3 aromatic rings. The van der Waals surface area contributed by atoms with Gasteiger partial charge in [0.25, 0.3) is 5.56 Å². The van der Waals surface area contributed by atoms with E-state index in [1.165, 1.54) is 18.6 Å². The molecule has 0 amide bonds. The maximum Gasteiger partial charge on any atom is 0.271 e. The number of hydrogen-bond acceptors (Lipinski definition) is 4. The quantitative estimate of drug-likeness (QED) is 0.539. The highest BCUT2D eigenvalue weighted by atomic mass is 16.4. The van der Waals surface area contributed by atoms with Crippen LogP contribution in [0.2, 0.25) is 0 Å². The van der Waals surface area contributed by atoms with Gasteiger partial charge in [0.15, 0.2) is 11.2 Å². The van der Waals surface area contributed by atoms with Crippen LogP contribution in [0.5, 0.6) is 0 Å². The molecule has 0 spiro atoms. The highest BCUT2D eigenvalue weighted by Gasteiger charge is 2.06. The number of aromatic nitrogens is 1. The van der Waals surface area contributed by atoms with Crippen molar-refractivity contribution in [1.29, 1.82) is 0 Å². The zero-order chi connectivity index (χ0) is 9.54. The summed E-state index contributed by atoms with van der Waals surface area (Å²) in [5.74, 6) is 0. The summed E-state index contributed by atoms with van der Waals surface area (Å²) < 4.78 is 10.5. The predicted octanol–water partition coefficient (Wildman–Crippen LogP) is 1.93. The van der Waals surface area contributed by atoms with Gasteiger partial charge in [0.05, 0.1) is 10.9 Å². The lowest BCUT2D eigenvalue weighted by Gasteiger charge is -1.95. The van der Waals surface area contributed by atoms with E-state index in [0.717, 1.165) is 0 Å². The summed E-state index contributed by atoms with van der Waals surface area (Å²) in [5, 5.41) is 0.692. The van der Waals surface area contributed by atoms with Gasteiger partial charge in [-0.15, -0.1) is 0 Å². The second kappa shape index (κ2) is 2.45. The zero-order valence-electron chi connectivity index (χ0n) is 7.06. The van der Waals surface area contributed by atoms with Crippen molar-refractivity contribution in [3.63, 3.8) is 0 Å². The molecule has 0 unspecified atom stereocenters. The Morgan fingerprint density at radius 1 is 1.14 bits per heavy atom. The maximum atomic E-state index is 11.0. The molecule has 4 heteroatoms. The molecule has 0 bridgehead atoms. The van der Waals surface area contributed by atoms with Crippen molar-refractivity contribution in [1.82, 2.24) is 4.98 Å². The topological polar surface area (TPSA) is 56.2 Å². The summed E-state index contributed by atoms with van der Waals surface area (Å²) in [5.41, 5.74) is 1.53. The maximum absolute atomic E-state index is 11.0. The van der Waals surface area contributed by atoms with Crippen LogP contribution >= 0.6 is 0 Å². The zero-order valence-corrected chi connectivity index (χ0v) is 7.06. The van der Waals surface area contributed by atoms with Gasteiger partial charge < -0.3 is 8.83 Å². The van der Waals surface area contributed by atoms with Gasteiger partial charge in [0.2, 0.25) is 0 Å². The van der Waals surface area contributed by atoms with E-state index in [4.69, 9.17) is 8.83 Å². The average molecular weight is 187 g/mol. The SMILES string of the molecule is O=c1cc2c(ccc3occoc32)n1. The van der Waals surface area contributed by atoms with Crippen LogP contribution in [-0.2, 0) is 0 Å². The normalized spacial score (nSPS) is 11.1. The largest absolute Gasteiger partial charge is 0.458 e. The summed E-state index contributed by atoms with van der Waals surface area (Å²) in [6, 6.07) is 4.91. The van der Waals surface area contributed by atoms with E-state index in [-0.39, 0.29) is 5.56 Å². The summed E-state index contributed by atoms with van der Waals surface area (Å²) >= 11 is 0. The first-order valence-electron chi connectivity index (χ1n) is 4.10. The van der Waals surface area contributed by atoms with Gasteiger partial charge in [0.1, 0.15) is 12.5 Å². The molecule has 4 nitrogen and oxygen atoms in total. The molecule has 68 valence electrons. The first kappa shape index (κ1) is 7.32. The van der Waals surface area contributed by atoms with Crippen LogP contribution in [0.1, 0.15) is 0 Å². The predicted molar refractivity (Wildman–Crippen MR) is 50.1 cm³/mol. The van der Waals surface area contributed by atoms with Crippen LogP contribution in [0.3, 0.4) is 0 Å². The third kappa shape index (κ3) is 0.877. The molecular weight excluding hydrogens is 182 g/mol. The molecule has 2 heterocycles. The van der Waals surface area contributed by atoms with E-state index in [1.54, 1.807) is 12.1 Å². The van der Waals surface area contributed by atoms with Crippen LogP contribution in [0.25, 0.3) is 22.1 Å². The third-order valence-corrected chi connectivity index (χ3v) is 2.07. The molecule has 2 aromatic heterocycles. The lowest BCUT2D eigenvalue weighted by molar-refractivity contribution is 0.511. The lowest BCUT2D eigenvalue weighted by atomic mass is 10.2. The minimum atomic E-state index is -0.258. The van der Waals surface area contributed by atoms with Gasteiger partial charge in [-0.1, -0.05) is 0 Å². The molecule has 0 fully saturated rings. The fourth-order valence-electron chi connectivity index (χ4n) is 1.49. The number of hydrogen-bond donors (Lipinski definition) is 0. The van der Waals surface area contributed by atoms with Gasteiger partial charge in [-0.25, -0.2) is 4.98 Å². The Kier molecular flexibility index (Phi) is 1.28. The van der Waals surface area contributed by atoms with Crippen LogP contribution in [0, 0.1) is 0 Å². The molecule has 0 aliphatic rings. The van der Waals surface area contributed by atoms with Gasteiger partial charge in [0, 0.05) is 6.07 Å². The fourth-order valence-corrected chi connectivity index (χ4v) is 1.49. The molecule has 0 aliphatic heterocycles. The second-order valence-electron chi connectivity index (χ2n) is 2.93. The Bertz CT molecular complexity index is 665. The smallest absolute Gasteiger partial charge is 0.271 e.